The first-order valence-electron chi connectivity index (χ1n) is 7.43. The Morgan fingerprint density at radius 1 is 1.17 bits per heavy atom. The third-order valence-corrected chi connectivity index (χ3v) is 5.07. The van der Waals surface area contributed by atoms with Crippen molar-refractivity contribution in [1.29, 1.82) is 0 Å². The van der Waals surface area contributed by atoms with E-state index in [0.717, 1.165) is 12.5 Å². The second-order valence-corrected chi connectivity index (χ2v) is 6.04. The van der Waals surface area contributed by atoms with Crippen LogP contribution in [0.1, 0.15) is 38.1 Å². The Labute approximate surface area is 108 Å². The van der Waals surface area contributed by atoms with Gasteiger partial charge in [0.05, 0.1) is 0 Å². The summed E-state index contributed by atoms with van der Waals surface area (Å²) in [6.45, 7) is 3.54. The van der Waals surface area contributed by atoms with Gasteiger partial charge in [0.1, 0.15) is 0 Å². The van der Waals surface area contributed by atoms with Gasteiger partial charge in [-0.15, -0.1) is 0 Å². The van der Waals surface area contributed by atoms with Crippen LogP contribution in [0.4, 0.5) is 5.95 Å². The van der Waals surface area contributed by atoms with Gasteiger partial charge in [0, 0.05) is 44.1 Å². The quantitative estimate of drug-likeness (QED) is 0.863. The Balaban J connectivity index is 1.62. The van der Waals surface area contributed by atoms with E-state index in [2.05, 4.69) is 26.0 Å². The first-order valence-corrected chi connectivity index (χ1v) is 7.43. The number of nitrogens with one attached hydrogen (secondary N) is 1. The van der Waals surface area contributed by atoms with Crippen molar-refractivity contribution in [3.63, 3.8) is 0 Å². The van der Waals surface area contributed by atoms with Gasteiger partial charge in [-0.2, -0.15) is 0 Å². The molecule has 0 bridgehead atoms. The molecule has 0 amide bonds. The molecule has 2 aliphatic heterocycles. The molecule has 0 spiro atoms. The van der Waals surface area contributed by atoms with E-state index in [0.29, 0.717) is 12.1 Å². The van der Waals surface area contributed by atoms with Crippen molar-refractivity contribution >= 4 is 5.95 Å². The fraction of sp³-hybridized carbons (Fsp3) is 0.786. The highest BCUT2D eigenvalue weighted by Gasteiger charge is 2.39. The molecule has 4 rings (SSSR count). The molecule has 1 aromatic rings. The standard InChI is InChI=1S/C14H22N4/c1-2-4-12(3-1)17-8-6-16-14(17)18-7-5-11-9-15-10-13(11)18/h6,8,11-13,15H,1-5,7,9-10H2/t11-,13+/m0/s1. The number of anilines is 1. The Kier molecular flexibility index (Phi) is 2.57. The zero-order valence-electron chi connectivity index (χ0n) is 10.9. The first kappa shape index (κ1) is 10.9. The molecule has 3 fully saturated rings. The lowest BCUT2D eigenvalue weighted by Gasteiger charge is -2.27. The summed E-state index contributed by atoms with van der Waals surface area (Å²) < 4.78 is 2.45. The fourth-order valence-electron chi connectivity index (χ4n) is 4.09. The van der Waals surface area contributed by atoms with Crippen molar-refractivity contribution in [1.82, 2.24) is 14.9 Å². The van der Waals surface area contributed by atoms with E-state index in [1.165, 1.54) is 51.1 Å². The summed E-state index contributed by atoms with van der Waals surface area (Å²) in [5, 5.41) is 3.53. The summed E-state index contributed by atoms with van der Waals surface area (Å²) in [6.07, 6.45) is 11.0. The van der Waals surface area contributed by atoms with Crippen LogP contribution in [0.2, 0.25) is 0 Å². The fourth-order valence-corrected chi connectivity index (χ4v) is 4.09. The minimum absolute atomic E-state index is 0.688. The van der Waals surface area contributed by atoms with Gasteiger partial charge < -0.3 is 14.8 Å². The maximum Gasteiger partial charge on any atom is 0.206 e. The third kappa shape index (κ3) is 1.58. The molecule has 1 saturated carbocycles. The minimum atomic E-state index is 0.688. The molecular formula is C14H22N4. The molecule has 3 heterocycles. The van der Waals surface area contributed by atoms with Crippen molar-refractivity contribution < 1.29 is 0 Å². The highest BCUT2D eigenvalue weighted by atomic mass is 15.4. The molecule has 2 saturated heterocycles. The van der Waals surface area contributed by atoms with E-state index < -0.39 is 0 Å². The lowest BCUT2D eigenvalue weighted by Crippen LogP contribution is -2.36. The van der Waals surface area contributed by atoms with Gasteiger partial charge in [-0.1, -0.05) is 12.8 Å². The van der Waals surface area contributed by atoms with Crippen LogP contribution in [0.15, 0.2) is 12.4 Å². The van der Waals surface area contributed by atoms with E-state index in [-0.39, 0.29) is 0 Å². The smallest absolute Gasteiger partial charge is 0.206 e. The Hall–Kier alpha value is -1.03. The molecule has 0 aromatic carbocycles. The minimum Gasteiger partial charge on any atom is -0.338 e. The number of rotatable bonds is 2. The molecule has 1 aromatic heterocycles. The number of hydrogen-bond acceptors (Lipinski definition) is 3. The van der Waals surface area contributed by atoms with Crippen LogP contribution in [-0.4, -0.2) is 35.2 Å². The second kappa shape index (κ2) is 4.26. The molecule has 3 aliphatic rings. The predicted octanol–water partition coefficient (Wildman–Crippen LogP) is 1.80. The van der Waals surface area contributed by atoms with Crippen LogP contribution < -0.4 is 10.2 Å². The molecule has 1 N–H and O–H groups in total. The Bertz CT molecular complexity index is 421. The number of nitrogens with zero attached hydrogens (tertiary/aromatic N) is 3. The normalized spacial score (nSPS) is 32.3. The zero-order chi connectivity index (χ0) is 11.9. The first-order chi connectivity index (χ1) is 8.93. The van der Waals surface area contributed by atoms with E-state index >= 15 is 0 Å². The SMILES string of the molecule is c1cn(C2CCCC2)c(N2CC[C@H]3CNC[C@H]32)n1. The Morgan fingerprint density at radius 3 is 2.94 bits per heavy atom. The van der Waals surface area contributed by atoms with Gasteiger partial charge in [-0.25, -0.2) is 4.98 Å². The van der Waals surface area contributed by atoms with Crippen molar-refractivity contribution in [2.24, 2.45) is 5.92 Å². The molecule has 4 heteroatoms. The predicted molar refractivity (Wildman–Crippen MR) is 71.8 cm³/mol. The average Bonchev–Trinajstić information content (AvgIpc) is 3.13. The van der Waals surface area contributed by atoms with Gasteiger partial charge in [-0.3, -0.25) is 0 Å². The van der Waals surface area contributed by atoms with Gasteiger partial charge in [0.15, 0.2) is 0 Å². The largest absolute Gasteiger partial charge is 0.338 e. The van der Waals surface area contributed by atoms with Gasteiger partial charge >= 0.3 is 0 Å². The summed E-state index contributed by atoms with van der Waals surface area (Å²) in [6, 6.07) is 1.39. The second-order valence-electron chi connectivity index (χ2n) is 6.04. The van der Waals surface area contributed by atoms with Crippen molar-refractivity contribution in [2.45, 2.75) is 44.2 Å². The van der Waals surface area contributed by atoms with E-state index in [1.807, 2.05) is 6.20 Å². The Morgan fingerprint density at radius 2 is 2.06 bits per heavy atom. The number of imidazole rings is 1. The molecular weight excluding hydrogens is 224 g/mol. The van der Waals surface area contributed by atoms with Crippen molar-refractivity contribution in [3.05, 3.63) is 12.4 Å². The van der Waals surface area contributed by atoms with E-state index in [9.17, 15) is 0 Å². The lowest BCUT2D eigenvalue weighted by molar-refractivity contribution is 0.505. The van der Waals surface area contributed by atoms with Gasteiger partial charge in [-0.05, 0) is 25.2 Å². The van der Waals surface area contributed by atoms with Crippen molar-refractivity contribution in [2.75, 3.05) is 24.5 Å². The molecule has 2 atom stereocenters. The molecule has 4 nitrogen and oxygen atoms in total. The van der Waals surface area contributed by atoms with Crippen LogP contribution in [0.25, 0.3) is 0 Å². The average molecular weight is 246 g/mol. The highest BCUT2D eigenvalue weighted by Crippen LogP contribution is 2.36. The summed E-state index contributed by atoms with van der Waals surface area (Å²) in [4.78, 5) is 7.22. The summed E-state index contributed by atoms with van der Waals surface area (Å²) >= 11 is 0. The van der Waals surface area contributed by atoms with Crippen LogP contribution >= 0.6 is 0 Å². The van der Waals surface area contributed by atoms with Crippen LogP contribution in [-0.2, 0) is 0 Å². The van der Waals surface area contributed by atoms with E-state index in [4.69, 9.17) is 0 Å². The molecule has 18 heavy (non-hydrogen) atoms. The lowest BCUT2D eigenvalue weighted by atomic mass is 10.1. The topological polar surface area (TPSA) is 33.1 Å². The van der Waals surface area contributed by atoms with Crippen molar-refractivity contribution in [3.8, 4) is 0 Å². The monoisotopic (exact) mass is 246 g/mol. The molecule has 0 radical (unpaired) electrons. The molecule has 98 valence electrons. The third-order valence-electron chi connectivity index (χ3n) is 5.07. The highest BCUT2D eigenvalue weighted by molar-refractivity contribution is 5.37. The van der Waals surface area contributed by atoms with Crippen LogP contribution in [0.5, 0.6) is 0 Å². The van der Waals surface area contributed by atoms with Crippen LogP contribution in [0.3, 0.4) is 0 Å². The molecule has 0 unspecified atom stereocenters. The zero-order valence-corrected chi connectivity index (χ0v) is 10.9. The maximum absolute atomic E-state index is 4.66. The van der Waals surface area contributed by atoms with E-state index in [1.54, 1.807) is 0 Å². The van der Waals surface area contributed by atoms with Crippen LogP contribution in [0, 0.1) is 5.92 Å². The van der Waals surface area contributed by atoms with Gasteiger partial charge in [0.2, 0.25) is 5.95 Å². The summed E-state index contributed by atoms with van der Waals surface area (Å²) in [7, 11) is 0. The summed E-state index contributed by atoms with van der Waals surface area (Å²) in [5.41, 5.74) is 0. The molecule has 1 aliphatic carbocycles. The summed E-state index contributed by atoms with van der Waals surface area (Å²) in [5.74, 6) is 2.08. The number of aromatic nitrogens is 2. The maximum atomic E-state index is 4.66. The number of hydrogen-bond donors (Lipinski definition) is 1. The number of fused-ring (bicyclic) bond motifs is 1. The van der Waals surface area contributed by atoms with Gasteiger partial charge in [0.25, 0.3) is 0 Å².